The minimum atomic E-state index is -3.77. The van der Waals surface area contributed by atoms with Gasteiger partial charge in [0.05, 0.1) is 17.5 Å². The molecule has 0 saturated carbocycles. The molecule has 1 heterocycles. The molecular weight excluding hydrogens is 470 g/mol. The molecule has 0 N–H and O–H groups in total. The van der Waals surface area contributed by atoms with Crippen LogP contribution in [0.25, 0.3) is 0 Å². The van der Waals surface area contributed by atoms with Crippen LogP contribution in [0.5, 0.6) is 0 Å². The zero-order valence-electron chi connectivity index (χ0n) is 19.0. The molecule has 0 unspecified atom stereocenters. The number of piperazine rings is 1. The molecule has 1 amide bonds. The summed E-state index contributed by atoms with van der Waals surface area (Å²) in [5.74, 6) is -0.198. The number of sulfonamides is 1. The van der Waals surface area contributed by atoms with Crippen molar-refractivity contribution in [3.8, 4) is 0 Å². The number of carbonyl (C=O) groups is 1. The monoisotopic (exact) mass is 497 g/mol. The first kappa shape index (κ1) is 24.4. The van der Waals surface area contributed by atoms with Gasteiger partial charge in [-0.1, -0.05) is 72.3 Å². The molecule has 3 aromatic carbocycles. The smallest absolute Gasteiger partial charge is 0.243 e. The fourth-order valence-corrected chi connectivity index (χ4v) is 5.52. The maximum absolute atomic E-state index is 12.9. The lowest BCUT2D eigenvalue weighted by molar-refractivity contribution is -0.133. The van der Waals surface area contributed by atoms with E-state index in [4.69, 9.17) is 11.6 Å². The number of carbonyl (C=O) groups excluding carboxylic acids is 1. The van der Waals surface area contributed by atoms with Crippen molar-refractivity contribution in [3.63, 3.8) is 0 Å². The summed E-state index contributed by atoms with van der Waals surface area (Å²) in [6.07, 6.45) is 0. The van der Waals surface area contributed by atoms with Gasteiger partial charge in [-0.25, -0.2) is 8.42 Å². The van der Waals surface area contributed by atoms with Crippen LogP contribution in [0.4, 0.5) is 0 Å². The lowest BCUT2D eigenvalue weighted by Crippen LogP contribution is -2.52. The second kappa shape index (κ2) is 10.7. The molecule has 0 atom stereocenters. The van der Waals surface area contributed by atoms with Crippen molar-refractivity contribution in [3.05, 3.63) is 101 Å². The van der Waals surface area contributed by atoms with Gasteiger partial charge in [-0.2, -0.15) is 4.31 Å². The van der Waals surface area contributed by atoms with Gasteiger partial charge < -0.3 is 4.90 Å². The summed E-state index contributed by atoms with van der Waals surface area (Å²) in [5.41, 5.74) is 2.42. The number of hydrogen-bond acceptors (Lipinski definition) is 4. The molecule has 1 aliphatic rings. The average Bonchev–Trinajstić information content (AvgIpc) is 2.86. The largest absolute Gasteiger partial charge is 0.339 e. The highest BCUT2D eigenvalue weighted by Crippen LogP contribution is 2.29. The van der Waals surface area contributed by atoms with Crippen LogP contribution in [0.3, 0.4) is 0 Å². The third-order valence-corrected chi connectivity index (χ3v) is 8.21. The lowest BCUT2D eigenvalue weighted by atomic mass is 9.96. The van der Waals surface area contributed by atoms with Crippen molar-refractivity contribution in [1.29, 1.82) is 0 Å². The molecule has 178 valence electrons. The molecule has 1 saturated heterocycles. The van der Waals surface area contributed by atoms with E-state index in [-0.39, 0.29) is 23.4 Å². The summed E-state index contributed by atoms with van der Waals surface area (Å²) in [6, 6.07) is 26.8. The molecule has 1 aliphatic heterocycles. The molecular formula is C26H28ClN3O3S. The van der Waals surface area contributed by atoms with Gasteiger partial charge in [0.2, 0.25) is 15.9 Å². The molecule has 0 aliphatic carbocycles. The minimum absolute atomic E-state index is 0.104. The van der Waals surface area contributed by atoms with E-state index in [1.807, 2.05) is 36.4 Å². The van der Waals surface area contributed by atoms with Crippen molar-refractivity contribution in [2.75, 3.05) is 39.8 Å². The van der Waals surface area contributed by atoms with Crippen LogP contribution in [-0.4, -0.2) is 68.2 Å². The summed E-state index contributed by atoms with van der Waals surface area (Å²) in [7, 11) is -2.34. The number of amides is 1. The zero-order valence-corrected chi connectivity index (χ0v) is 20.6. The van der Waals surface area contributed by atoms with E-state index in [1.54, 1.807) is 4.90 Å². The molecule has 3 aromatic rings. The summed E-state index contributed by atoms with van der Waals surface area (Å²) in [4.78, 5) is 17.2. The van der Waals surface area contributed by atoms with Crippen molar-refractivity contribution in [2.24, 2.45) is 0 Å². The first-order valence-electron chi connectivity index (χ1n) is 11.2. The van der Waals surface area contributed by atoms with Gasteiger partial charge in [0.25, 0.3) is 0 Å². The minimum Gasteiger partial charge on any atom is -0.339 e. The number of hydrogen-bond donors (Lipinski definition) is 0. The third-order valence-electron chi connectivity index (χ3n) is 6.14. The van der Waals surface area contributed by atoms with E-state index in [1.165, 1.54) is 42.4 Å². The van der Waals surface area contributed by atoms with Crippen LogP contribution in [0.2, 0.25) is 5.02 Å². The van der Waals surface area contributed by atoms with Crippen LogP contribution in [0.15, 0.2) is 89.8 Å². The van der Waals surface area contributed by atoms with Crippen LogP contribution in [0.1, 0.15) is 17.2 Å². The molecule has 6 nitrogen and oxygen atoms in total. The van der Waals surface area contributed by atoms with E-state index in [9.17, 15) is 13.2 Å². The van der Waals surface area contributed by atoms with Gasteiger partial charge in [0.15, 0.2) is 0 Å². The van der Waals surface area contributed by atoms with E-state index in [0.29, 0.717) is 31.2 Å². The predicted octanol–water partition coefficient (Wildman–Crippen LogP) is 3.89. The Balaban J connectivity index is 1.41. The molecule has 8 heteroatoms. The quantitative estimate of drug-likeness (QED) is 0.497. The van der Waals surface area contributed by atoms with Gasteiger partial charge in [-0.15, -0.1) is 0 Å². The second-order valence-corrected chi connectivity index (χ2v) is 10.8. The second-order valence-electron chi connectivity index (χ2n) is 8.36. The van der Waals surface area contributed by atoms with Crippen LogP contribution >= 0.6 is 11.6 Å². The fourth-order valence-electron chi connectivity index (χ4n) is 4.28. The van der Waals surface area contributed by atoms with Crippen molar-refractivity contribution < 1.29 is 13.2 Å². The summed E-state index contributed by atoms with van der Waals surface area (Å²) in [5, 5.41) is 0.458. The normalized spacial score (nSPS) is 15.1. The van der Waals surface area contributed by atoms with E-state index >= 15 is 0 Å². The van der Waals surface area contributed by atoms with Crippen molar-refractivity contribution in [1.82, 2.24) is 14.1 Å². The van der Waals surface area contributed by atoms with E-state index in [2.05, 4.69) is 29.2 Å². The topological polar surface area (TPSA) is 60.9 Å². The van der Waals surface area contributed by atoms with Gasteiger partial charge >= 0.3 is 0 Å². The first-order valence-corrected chi connectivity index (χ1v) is 13.0. The van der Waals surface area contributed by atoms with E-state index in [0.717, 1.165) is 4.31 Å². The average molecular weight is 498 g/mol. The summed E-state index contributed by atoms with van der Waals surface area (Å²) in [6.45, 7) is 2.29. The van der Waals surface area contributed by atoms with Crippen LogP contribution in [0, 0.1) is 0 Å². The molecule has 0 aromatic heterocycles. The Morgan fingerprint density at radius 2 is 1.35 bits per heavy atom. The van der Waals surface area contributed by atoms with Gasteiger partial charge in [-0.3, -0.25) is 9.69 Å². The number of halogens is 1. The van der Waals surface area contributed by atoms with Gasteiger partial charge in [0.1, 0.15) is 0 Å². The summed E-state index contributed by atoms with van der Waals surface area (Å²) >= 11 is 5.87. The SMILES string of the molecule is CN(CC(=O)N1CCN(C(c2ccccc2)c2ccccc2)CC1)S(=O)(=O)c1ccc(Cl)cc1. The Kier molecular flexibility index (Phi) is 7.68. The number of benzene rings is 3. The zero-order chi connectivity index (χ0) is 24.1. The summed E-state index contributed by atoms with van der Waals surface area (Å²) < 4.78 is 26.7. The number of nitrogens with zero attached hydrogens (tertiary/aromatic N) is 3. The van der Waals surface area contributed by atoms with E-state index < -0.39 is 10.0 Å². The molecule has 4 rings (SSSR count). The van der Waals surface area contributed by atoms with Crippen molar-refractivity contribution >= 4 is 27.5 Å². The standard InChI is InChI=1S/C26H28ClN3O3S/c1-28(34(32,33)24-14-12-23(27)13-15-24)20-25(31)29-16-18-30(19-17-29)26(21-8-4-2-5-9-21)22-10-6-3-7-11-22/h2-15,26H,16-20H2,1H3. The number of rotatable bonds is 7. The Labute approximate surface area is 206 Å². The highest BCUT2D eigenvalue weighted by atomic mass is 35.5. The maximum atomic E-state index is 12.9. The van der Waals surface area contributed by atoms with Gasteiger partial charge in [0, 0.05) is 38.2 Å². The molecule has 1 fully saturated rings. The molecule has 34 heavy (non-hydrogen) atoms. The first-order chi connectivity index (χ1) is 16.4. The Morgan fingerprint density at radius 3 is 1.85 bits per heavy atom. The molecule has 0 bridgehead atoms. The van der Waals surface area contributed by atoms with Crippen LogP contribution in [-0.2, 0) is 14.8 Å². The molecule has 0 spiro atoms. The molecule has 0 radical (unpaired) electrons. The van der Waals surface area contributed by atoms with Crippen LogP contribution < -0.4 is 0 Å². The highest BCUT2D eigenvalue weighted by molar-refractivity contribution is 7.89. The fraction of sp³-hybridized carbons (Fsp3) is 0.269. The number of likely N-dealkylation sites (N-methyl/N-ethyl adjacent to an activating group) is 1. The van der Waals surface area contributed by atoms with Gasteiger partial charge in [-0.05, 0) is 35.4 Å². The Morgan fingerprint density at radius 1 is 0.853 bits per heavy atom. The Hall–Kier alpha value is -2.71. The maximum Gasteiger partial charge on any atom is 0.243 e. The third kappa shape index (κ3) is 5.50. The highest BCUT2D eigenvalue weighted by Gasteiger charge is 2.30. The predicted molar refractivity (Wildman–Crippen MR) is 134 cm³/mol. The van der Waals surface area contributed by atoms with Crippen molar-refractivity contribution in [2.45, 2.75) is 10.9 Å². The lowest BCUT2D eigenvalue weighted by Gasteiger charge is -2.40. The Bertz CT molecular complexity index is 1160.